The smallest absolute Gasteiger partial charge is 0.244 e. The first-order valence-electron chi connectivity index (χ1n) is 6.97. The van der Waals surface area contributed by atoms with Crippen molar-refractivity contribution in [2.24, 2.45) is 5.92 Å². The number of carbonyl (C=O) groups excluding carboxylic acids is 1. The average Bonchev–Trinajstić information content (AvgIpc) is 2.43. The molecule has 0 atom stereocenters. The number of hydrogen-bond donors (Lipinski definition) is 1. The van der Waals surface area contributed by atoms with Gasteiger partial charge in [0, 0.05) is 25.8 Å². The lowest BCUT2D eigenvalue weighted by Crippen LogP contribution is -2.23. The van der Waals surface area contributed by atoms with Gasteiger partial charge in [0.15, 0.2) is 0 Å². The molecule has 1 aromatic rings. The largest absolute Gasteiger partial charge is 0.381 e. The summed E-state index contributed by atoms with van der Waals surface area (Å²) in [6.07, 6.45) is 3.99. The first-order valence-corrected chi connectivity index (χ1v) is 7.73. The number of ether oxygens (including phenoxy) is 1. The van der Waals surface area contributed by atoms with Crippen molar-refractivity contribution in [3.8, 4) is 0 Å². The van der Waals surface area contributed by atoms with Gasteiger partial charge in [-0.15, -0.1) is 0 Å². The van der Waals surface area contributed by atoms with E-state index < -0.39 is 0 Å². The maximum absolute atomic E-state index is 11.6. The third kappa shape index (κ3) is 8.10. The quantitative estimate of drug-likeness (QED) is 0.573. The highest BCUT2D eigenvalue weighted by atomic mass is 35.5. The monoisotopic (exact) mass is 329 g/mol. The number of benzene rings is 1. The Labute approximate surface area is 136 Å². The minimum absolute atomic E-state index is 0.134. The molecule has 0 aliphatic heterocycles. The zero-order valence-corrected chi connectivity index (χ0v) is 13.9. The Kier molecular flexibility index (Phi) is 8.43. The lowest BCUT2D eigenvalue weighted by atomic mass is 10.2. The van der Waals surface area contributed by atoms with Crippen molar-refractivity contribution >= 4 is 35.2 Å². The molecule has 0 heterocycles. The van der Waals surface area contributed by atoms with Gasteiger partial charge < -0.3 is 10.1 Å². The zero-order valence-electron chi connectivity index (χ0n) is 12.4. The van der Waals surface area contributed by atoms with Gasteiger partial charge in [0.1, 0.15) is 0 Å². The van der Waals surface area contributed by atoms with Crippen LogP contribution in [0.4, 0.5) is 0 Å². The third-order valence-corrected chi connectivity index (χ3v) is 3.33. The number of rotatable bonds is 8. The van der Waals surface area contributed by atoms with Gasteiger partial charge in [0.05, 0.1) is 10.0 Å². The summed E-state index contributed by atoms with van der Waals surface area (Å²) in [5.41, 5.74) is 0.833. The summed E-state index contributed by atoms with van der Waals surface area (Å²) in [5.74, 6) is 0.402. The minimum atomic E-state index is -0.134. The zero-order chi connectivity index (χ0) is 15.7. The van der Waals surface area contributed by atoms with E-state index >= 15 is 0 Å². The molecule has 5 heteroatoms. The van der Waals surface area contributed by atoms with Crippen LogP contribution < -0.4 is 5.32 Å². The second kappa shape index (κ2) is 9.82. The lowest BCUT2D eigenvalue weighted by molar-refractivity contribution is -0.116. The van der Waals surface area contributed by atoms with Gasteiger partial charge in [0.2, 0.25) is 5.91 Å². The molecule has 1 rings (SSSR count). The molecular weight excluding hydrogens is 309 g/mol. The van der Waals surface area contributed by atoms with E-state index in [9.17, 15) is 4.79 Å². The fourth-order valence-electron chi connectivity index (χ4n) is 1.55. The molecule has 0 bridgehead atoms. The van der Waals surface area contributed by atoms with Gasteiger partial charge in [-0.1, -0.05) is 43.1 Å². The summed E-state index contributed by atoms with van der Waals surface area (Å²) < 4.78 is 5.43. The predicted octanol–water partition coefficient (Wildman–Crippen LogP) is 4.19. The highest BCUT2D eigenvalue weighted by Gasteiger charge is 1.99. The van der Waals surface area contributed by atoms with Gasteiger partial charge in [-0.2, -0.15) is 0 Å². The standard InChI is InChI=1S/C16H21Cl2NO2/c1-12(2)11-21-9-3-8-19-16(20)7-5-13-4-6-14(17)15(18)10-13/h4-7,10,12H,3,8-9,11H2,1-2H3,(H,19,20)/b7-5+. The van der Waals surface area contributed by atoms with Gasteiger partial charge in [-0.25, -0.2) is 0 Å². The molecule has 0 radical (unpaired) electrons. The first kappa shape index (κ1) is 18.0. The molecule has 0 aliphatic rings. The van der Waals surface area contributed by atoms with E-state index in [2.05, 4.69) is 19.2 Å². The molecule has 1 N–H and O–H groups in total. The Morgan fingerprint density at radius 1 is 1.33 bits per heavy atom. The molecular formula is C16H21Cl2NO2. The predicted molar refractivity (Wildman–Crippen MR) is 88.8 cm³/mol. The maximum Gasteiger partial charge on any atom is 0.244 e. The van der Waals surface area contributed by atoms with Crippen molar-refractivity contribution in [3.63, 3.8) is 0 Å². The second-order valence-corrected chi connectivity index (χ2v) is 5.93. The lowest BCUT2D eigenvalue weighted by Gasteiger charge is -2.06. The summed E-state index contributed by atoms with van der Waals surface area (Å²) in [6.45, 7) is 6.23. The van der Waals surface area contributed by atoms with Crippen LogP contribution in [-0.4, -0.2) is 25.7 Å². The van der Waals surface area contributed by atoms with E-state index in [-0.39, 0.29) is 5.91 Å². The van der Waals surface area contributed by atoms with E-state index in [1.165, 1.54) is 6.08 Å². The topological polar surface area (TPSA) is 38.3 Å². The Balaban J connectivity index is 2.24. The van der Waals surface area contributed by atoms with Gasteiger partial charge in [-0.05, 0) is 36.1 Å². The molecule has 1 aromatic carbocycles. The summed E-state index contributed by atoms with van der Waals surface area (Å²) in [6, 6.07) is 5.22. The van der Waals surface area contributed by atoms with Crippen LogP contribution in [0.15, 0.2) is 24.3 Å². The summed E-state index contributed by atoms with van der Waals surface area (Å²) >= 11 is 11.7. The van der Waals surface area contributed by atoms with Crippen LogP contribution in [-0.2, 0) is 9.53 Å². The Hall–Kier alpha value is -1.03. The molecule has 0 spiro atoms. The van der Waals surface area contributed by atoms with Crippen LogP contribution in [0, 0.1) is 5.92 Å². The van der Waals surface area contributed by atoms with Crippen molar-refractivity contribution in [2.45, 2.75) is 20.3 Å². The second-order valence-electron chi connectivity index (χ2n) is 5.12. The van der Waals surface area contributed by atoms with Crippen LogP contribution in [0.2, 0.25) is 10.0 Å². The molecule has 3 nitrogen and oxygen atoms in total. The van der Waals surface area contributed by atoms with Crippen LogP contribution in [0.5, 0.6) is 0 Å². The molecule has 1 amide bonds. The van der Waals surface area contributed by atoms with E-state index in [1.807, 2.05) is 0 Å². The summed E-state index contributed by atoms with van der Waals surface area (Å²) in [7, 11) is 0. The van der Waals surface area contributed by atoms with Gasteiger partial charge >= 0.3 is 0 Å². The van der Waals surface area contributed by atoms with Crippen molar-refractivity contribution in [3.05, 3.63) is 39.9 Å². The van der Waals surface area contributed by atoms with E-state index in [1.54, 1.807) is 24.3 Å². The van der Waals surface area contributed by atoms with Crippen LogP contribution in [0.3, 0.4) is 0 Å². The fourth-order valence-corrected chi connectivity index (χ4v) is 1.86. The normalized spacial score (nSPS) is 11.3. The van der Waals surface area contributed by atoms with Crippen LogP contribution >= 0.6 is 23.2 Å². The van der Waals surface area contributed by atoms with Gasteiger partial charge in [-0.3, -0.25) is 4.79 Å². The van der Waals surface area contributed by atoms with Crippen molar-refractivity contribution in [2.75, 3.05) is 19.8 Å². The van der Waals surface area contributed by atoms with E-state index in [0.29, 0.717) is 29.1 Å². The highest BCUT2D eigenvalue weighted by molar-refractivity contribution is 6.42. The summed E-state index contributed by atoms with van der Waals surface area (Å²) in [4.78, 5) is 11.6. The van der Waals surface area contributed by atoms with Gasteiger partial charge in [0.25, 0.3) is 0 Å². The molecule has 116 valence electrons. The molecule has 0 aliphatic carbocycles. The molecule has 21 heavy (non-hydrogen) atoms. The number of amides is 1. The molecule has 0 aromatic heterocycles. The van der Waals surface area contributed by atoms with Crippen LogP contribution in [0.1, 0.15) is 25.8 Å². The Morgan fingerprint density at radius 2 is 2.10 bits per heavy atom. The number of hydrogen-bond acceptors (Lipinski definition) is 2. The third-order valence-electron chi connectivity index (χ3n) is 2.59. The van der Waals surface area contributed by atoms with E-state index in [4.69, 9.17) is 27.9 Å². The molecule has 0 unspecified atom stereocenters. The van der Waals surface area contributed by atoms with Crippen LogP contribution in [0.25, 0.3) is 6.08 Å². The molecule has 0 fully saturated rings. The Morgan fingerprint density at radius 3 is 2.76 bits per heavy atom. The Bertz CT molecular complexity index is 487. The first-order chi connectivity index (χ1) is 9.99. The SMILES string of the molecule is CC(C)COCCCNC(=O)/C=C/c1ccc(Cl)c(Cl)c1. The number of carbonyl (C=O) groups is 1. The van der Waals surface area contributed by atoms with E-state index in [0.717, 1.165) is 18.6 Å². The average molecular weight is 330 g/mol. The van der Waals surface area contributed by atoms with Crippen molar-refractivity contribution in [1.29, 1.82) is 0 Å². The maximum atomic E-state index is 11.6. The molecule has 0 saturated heterocycles. The van der Waals surface area contributed by atoms with Crippen molar-refractivity contribution < 1.29 is 9.53 Å². The van der Waals surface area contributed by atoms with Crippen molar-refractivity contribution in [1.82, 2.24) is 5.32 Å². The molecule has 0 saturated carbocycles. The summed E-state index contributed by atoms with van der Waals surface area (Å²) in [5, 5.41) is 3.78. The highest BCUT2D eigenvalue weighted by Crippen LogP contribution is 2.22. The number of halogens is 2. The minimum Gasteiger partial charge on any atom is -0.381 e. The fraction of sp³-hybridized carbons (Fsp3) is 0.438. The number of nitrogens with one attached hydrogen (secondary N) is 1.